The van der Waals surface area contributed by atoms with Gasteiger partial charge in [-0.05, 0) is 37.8 Å². The molecule has 3 amide bonds. The maximum Gasteiger partial charge on any atom is 0.243 e. The Morgan fingerprint density at radius 1 is 1.21 bits per heavy atom. The number of carbonyl (C=O) groups excluding carboxylic acids is 3. The molecule has 4 rings (SSSR count). The van der Waals surface area contributed by atoms with Gasteiger partial charge in [0.25, 0.3) is 0 Å². The Balaban J connectivity index is 1.55. The smallest absolute Gasteiger partial charge is 0.243 e. The first-order chi connectivity index (χ1) is 20.6. The highest BCUT2D eigenvalue weighted by Crippen LogP contribution is 2.32. The summed E-state index contributed by atoms with van der Waals surface area (Å²) in [6, 6.07) is 7.83. The first kappa shape index (κ1) is 32.3. The average Bonchev–Trinajstić information content (AvgIpc) is 3.70. The molecule has 2 aromatic heterocycles. The molecule has 0 aliphatic carbocycles. The number of thiazole rings is 1. The minimum Gasteiger partial charge on any atom is -0.391 e. The summed E-state index contributed by atoms with van der Waals surface area (Å²) in [5, 5.41) is 20.3. The van der Waals surface area contributed by atoms with E-state index in [0.717, 1.165) is 21.7 Å². The Labute approximate surface area is 256 Å². The highest BCUT2D eigenvalue weighted by atomic mass is 32.1. The average molecular weight is 612 g/mol. The zero-order valence-corrected chi connectivity index (χ0v) is 26.1. The van der Waals surface area contributed by atoms with Crippen LogP contribution in [-0.2, 0) is 19.1 Å². The summed E-state index contributed by atoms with van der Waals surface area (Å²) in [4.78, 5) is 47.3. The van der Waals surface area contributed by atoms with Crippen molar-refractivity contribution in [2.45, 2.75) is 71.6 Å². The van der Waals surface area contributed by atoms with Crippen LogP contribution in [0.2, 0.25) is 0 Å². The topological polar surface area (TPSA) is 147 Å². The van der Waals surface area contributed by atoms with Crippen molar-refractivity contribution < 1.29 is 28.8 Å². The Morgan fingerprint density at radius 2 is 1.95 bits per heavy atom. The molecule has 11 nitrogen and oxygen atoms in total. The molecule has 43 heavy (non-hydrogen) atoms. The molecular weight excluding hydrogens is 570 g/mol. The number of aliphatic hydroxyl groups is 1. The fourth-order valence-electron chi connectivity index (χ4n) is 5.38. The molecule has 1 aromatic carbocycles. The zero-order chi connectivity index (χ0) is 31.1. The van der Waals surface area contributed by atoms with E-state index in [1.54, 1.807) is 29.8 Å². The largest absolute Gasteiger partial charge is 0.391 e. The molecule has 1 aliphatic heterocycles. The van der Waals surface area contributed by atoms with Crippen LogP contribution < -0.4 is 10.6 Å². The number of hydrogen-bond donors (Lipinski definition) is 3. The number of nitrogens with one attached hydrogen (secondary N) is 2. The minimum atomic E-state index is -0.907. The molecule has 0 saturated carbocycles. The lowest BCUT2D eigenvalue weighted by Gasteiger charge is -2.30. The molecule has 0 spiro atoms. The van der Waals surface area contributed by atoms with Crippen molar-refractivity contribution in [1.82, 2.24) is 25.7 Å². The predicted molar refractivity (Wildman–Crippen MR) is 162 cm³/mol. The lowest BCUT2D eigenvalue weighted by molar-refractivity contribution is -0.141. The monoisotopic (exact) mass is 611 g/mol. The van der Waals surface area contributed by atoms with Crippen molar-refractivity contribution in [1.29, 1.82) is 0 Å². The molecule has 0 radical (unpaired) electrons. The SMILES string of the molecule is CCOCCNC(=O)C[C@H](NC(=O)C1C[C@@H](O)CN1C(=O)[C@@H](c1cc(C)no1)C(C)C)c1ccc(-c2scnc2C)cc1. The van der Waals surface area contributed by atoms with Crippen LogP contribution in [0.1, 0.15) is 68.3 Å². The molecule has 1 fully saturated rings. The first-order valence-corrected chi connectivity index (χ1v) is 15.5. The lowest BCUT2D eigenvalue weighted by Crippen LogP contribution is -2.49. The van der Waals surface area contributed by atoms with Crippen LogP contribution in [0.5, 0.6) is 0 Å². The first-order valence-electron chi connectivity index (χ1n) is 14.7. The quantitative estimate of drug-likeness (QED) is 0.249. The molecule has 1 aliphatic rings. The molecule has 4 atom stereocenters. The summed E-state index contributed by atoms with van der Waals surface area (Å²) in [5.41, 5.74) is 5.12. The van der Waals surface area contributed by atoms with Crippen molar-refractivity contribution in [3.63, 3.8) is 0 Å². The van der Waals surface area contributed by atoms with Gasteiger partial charge in [0, 0.05) is 32.2 Å². The van der Waals surface area contributed by atoms with Gasteiger partial charge in [0.15, 0.2) is 0 Å². The number of aromatic nitrogens is 2. The standard InChI is InChI=1S/C31H41N5O6S/c1-6-41-12-11-32-27(38)15-24(21-7-9-22(10-8-21)29-20(5)33-17-43-29)34-30(39)25-14-23(37)16-36(25)31(40)28(18(2)3)26-13-19(4)35-42-26/h7-10,13,17-18,23-25,28,37H,6,11-12,14-16H2,1-5H3,(H,32,38)(H,34,39)/t23-,24+,25?,28-/m1/s1. The van der Waals surface area contributed by atoms with E-state index in [1.807, 2.05) is 52.0 Å². The zero-order valence-electron chi connectivity index (χ0n) is 25.3. The van der Waals surface area contributed by atoms with Gasteiger partial charge in [-0.2, -0.15) is 0 Å². The van der Waals surface area contributed by atoms with E-state index in [2.05, 4.69) is 20.8 Å². The van der Waals surface area contributed by atoms with E-state index in [-0.39, 0.29) is 37.1 Å². The van der Waals surface area contributed by atoms with E-state index in [9.17, 15) is 19.5 Å². The summed E-state index contributed by atoms with van der Waals surface area (Å²) in [5.74, 6) is -1.34. The van der Waals surface area contributed by atoms with Crippen LogP contribution in [0, 0.1) is 19.8 Å². The molecule has 12 heteroatoms. The van der Waals surface area contributed by atoms with Gasteiger partial charge in [-0.3, -0.25) is 14.4 Å². The van der Waals surface area contributed by atoms with Gasteiger partial charge in [-0.15, -0.1) is 11.3 Å². The second kappa shape index (κ2) is 14.7. The van der Waals surface area contributed by atoms with Crippen molar-refractivity contribution in [3.8, 4) is 10.4 Å². The third-order valence-electron chi connectivity index (χ3n) is 7.55. The van der Waals surface area contributed by atoms with Gasteiger partial charge in [0.05, 0.1) is 46.9 Å². The highest BCUT2D eigenvalue weighted by Gasteiger charge is 2.43. The third-order valence-corrected chi connectivity index (χ3v) is 8.53. The number of rotatable bonds is 13. The molecule has 3 heterocycles. The number of aryl methyl sites for hydroxylation is 2. The van der Waals surface area contributed by atoms with Gasteiger partial charge in [0.2, 0.25) is 17.7 Å². The van der Waals surface area contributed by atoms with Gasteiger partial charge >= 0.3 is 0 Å². The Kier molecular flexibility index (Phi) is 11.1. The number of carbonyl (C=O) groups is 3. The Morgan fingerprint density at radius 3 is 2.56 bits per heavy atom. The summed E-state index contributed by atoms with van der Waals surface area (Å²) in [7, 11) is 0. The maximum absolute atomic E-state index is 13.8. The number of nitrogens with zero attached hydrogens (tertiary/aromatic N) is 3. The Bertz CT molecular complexity index is 1390. The number of benzene rings is 1. The summed E-state index contributed by atoms with van der Waals surface area (Å²) in [6.07, 6.45) is -0.771. The molecule has 1 saturated heterocycles. The van der Waals surface area contributed by atoms with Crippen LogP contribution in [0.25, 0.3) is 10.4 Å². The van der Waals surface area contributed by atoms with Gasteiger partial charge < -0.3 is 29.9 Å². The number of aliphatic hydroxyl groups excluding tert-OH is 1. The van der Waals surface area contributed by atoms with E-state index < -0.39 is 30.0 Å². The predicted octanol–water partition coefficient (Wildman–Crippen LogP) is 3.52. The van der Waals surface area contributed by atoms with Crippen LogP contribution in [-0.4, -0.2) is 76.3 Å². The fourth-order valence-corrected chi connectivity index (χ4v) is 6.19. The van der Waals surface area contributed by atoms with Crippen LogP contribution >= 0.6 is 11.3 Å². The number of likely N-dealkylation sites (tertiary alicyclic amines) is 1. The normalized spacial score (nSPS) is 18.1. The van der Waals surface area contributed by atoms with Gasteiger partial charge in [0.1, 0.15) is 17.7 Å². The molecule has 1 unspecified atom stereocenters. The van der Waals surface area contributed by atoms with E-state index in [1.165, 1.54) is 4.90 Å². The number of ether oxygens (including phenoxy) is 1. The Hall–Kier alpha value is -3.61. The van der Waals surface area contributed by atoms with Gasteiger partial charge in [-0.1, -0.05) is 43.3 Å². The van der Waals surface area contributed by atoms with Crippen LogP contribution in [0.4, 0.5) is 0 Å². The van der Waals surface area contributed by atoms with Gasteiger partial charge in [-0.25, -0.2) is 4.98 Å². The van der Waals surface area contributed by atoms with Crippen molar-refractivity contribution in [3.05, 3.63) is 58.6 Å². The fraction of sp³-hybridized carbons (Fsp3) is 0.516. The minimum absolute atomic E-state index is 0.00796. The van der Waals surface area contributed by atoms with E-state index in [0.29, 0.717) is 31.2 Å². The molecule has 3 aromatic rings. The van der Waals surface area contributed by atoms with Crippen molar-refractivity contribution in [2.24, 2.45) is 5.92 Å². The van der Waals surface area contributed by atoms with Crippen LogP contribution in [0.3, 0.4) is 0 Å². The van der Waals surface area contributed by atoms with E-state index >= 15 is 0 Å². The van der Waals surface area contributed by atoms with Crippen molar-refractivity contribution >= 4 is 29.1 Å². The molecule has 232 valence electrons. The summed E-state index contributed by atoms with van der Waals surface area (Å²) >= 11 is 1.55. The highest BCUT2D eigenvalue weighted by molar-refractivity contribution is 7.13. The number of β-amino-alcohol motifs (C(OH)–C–C–N with tert-alkyl or cyclic N) is 1. The van der Waals surface area contributed by atoms with Crippen molar-refractivity contribution in [2.75, 3.05) is 26.3 Å². The number of amides is 3. The second-order valence-electron chi connectivity index (χ2n) is 11.2. The summed E-state index contributed by atoms with van der Waals surface area (Å²) in [6.45, 7) is 10.7. The molecular formula is C31H41N5O6S. The van der Waals surface area contributed by atoms with E-state index in [4.69, 9.17) is 9.26 Å². The lowest BCUT2D eigenvalue weighted by atomic mass is 9.91. The molecule has 0 bridgehead atoms. The molecule has 3 N–H and O–H groups in total. The summed E-state index contributed by atoms with van der Waals surface area (Å²) < 4.78 is 10.7. The second-order valence-corrected chi connectivity index (χ2v) is 12.0. The van der Waals surface area contributed by atoms with Crippen LogP contribution in [0.15, 0.2) is 40.4 Å². The maximum atomic E-state index is 13.8. The number of hydrogen-bond acceptors (Lipinski definition) is 9. The third kappa shape index (κ3) is 8.07.